The first-order chi connectivity index (χ1) is 9.49. The van der Waals surface area contributed by atoms with Gasteiger partial charge in [-0.1, -0.05) is 0 Å². The van der Waals surface area contributed by atoms with Crippen LogP contribution in [-0.4, -0.2) is 33.8 Å². The van der Waals surface area contributed by atoms with Crippen molar-refractivity contribution in [1.29, 1.82) is 0 Å². The minimum absolute atomic E-state index is 0.0921. The number of carbonyl (C=O) groups excluding carboxylic acids is 2. The van der Waals surface area contributed by atoms with Crippen molar-refractivity contribution in [3.05, 3.63) is 35.6 Å². The maximum absolute atomic E-state index is 12.8. The second kappa shape index (κ2) is 5.81. The second-order valence-electron chi connectivity index (χ2n) is 4.70. The van der Waals surface area contributed by atoms with Gasteiger partial charge in [-0.05, 0) is 37.1 Å². The molecule has 1 heterocycles. The fraction of sp³-hybridized carbons (Fsp3) is 0.357. The van der Waals surface area contributed by atoms with E-state index in [4.69, 9.17) is 5.11 Å². The summed E-state index contributed by atoms with van der Waals surface area (Å²) in [5.41, 5.74) is 0.224. The van der Waals surface area contributed by atoms with Gasteiger partial charge in [-0.15, -0.1) is 0 Å². The first-order valence-corrected chi connectivity index (χ1v) is 6.33. The molecule has 5 nitrogen and oxygen atoms in total. The Labute approximate surface area is 115 Å². The predicted octanol–water partition coefficient (Wildman–Crippen LogP) is 1.82. The standard InChI is InChI=1S/C14H14FNO4/c15-10-3-1-9(2-4-10)14(20)16-11(5-7-12(16)17)6-8-13(18)19/h1-4,11H,5-8H2,(H,18,19). The quantitative estimate of drug-likeness (QED) is 0.853. The largest absolute Gasteiger partial charge is 0.481 e. The van der Waals surface area contributed by atoms with Crippen LogP contribution in [0.3, 0.4) is 0 Å². The van der Waals surface area contributed by atoms with Crippen LogP contribution < -0.4 is 0 Å². The van der Waals surface area contributed by atoms with E-state index in [2.05, 4.69) is 0 Å². The van der Waals surface area contributed by atoms with Crippen molar-refractivity contribution in [2.45, 2.75) is 31.7 Å². The zero-order valence-corrected chi connectivity index (χ0v) is 10.7. The summed E-state index contributed by atoms with van der Waals surface area (Å²) in [7, 11) is 0. The number of hydrogen-bond donors (Lipinski definition) is 1. The Kier molecular flexibility index (Phi) is 4.12. The maximum atomic E-state index is 12.8. The minimum Gasteiger partial charge on any atom is -0.481 e. The van der Waals surface area contributed by atoms with Gasteiger partial charge in [0.1, 0.15) is 5.82 Å². The molecule has 0 radical (unpaired) electrons. The maximum Gasteiger partial charge on any atom is 0.303 e. The van der Waals surface area contributed by atoms with Crippen molar-refractivity contribution in [1.82, 2.24) is 4.90 Å². The molecule has 0 aliphatic carbocycles. The molecule has 2 rings (SSSR count). The topological polar surface area (TPSA) is 74.7 Å². The Bertz CT molecular complexity index is 541. The normalized spacial score (nSPS) is 18.4. The third-order valence-corrected chi connectivity index (χ3v) is 3.33. The summed E-state index contributed by atoms with van der Waals surface area (Å²) in [4.78, 5) is 35.8. The fourth-order valence-corrected chi connectivity index (χ4v) is 2.32. The lowest BCUT2D eigenvalue weighted by atomic mass is 10.1. The second-order valence-corrected chi connectivity index (χ2v) is 4.70. The van der Waals surface area contributed by atoms with E-state index >= 15 is 0 Å². The Balaban J connectivity index is 2.14. The molecule has 1 aromatic rings. The summed E-state index contributed by atoms with van der Waals surface area (Å²) in [5, 5.41) is 8.68. The molecule has 1 fully saturated rings. The van der Waals surface area contributed by atoms with E-state index in [0.717, 1.165) is 17.0 Å². The molecule has 20 heavy (non-hydrogen) atoms. The van der Waals surface area contributed by atoms with Crippen LogP contribution in [0.5, 0.6) is 0 Å². The van der Waals surface area contributed by atoms with E-state index in [1.807, 2.05) is 0 Å². The van der Waals surface area contributed by atoms with Crippen LogP contribution >= 0.6 is 0 Å². The van der Waals surface area contributed by atoms with E-state index in [0.29, 0.717) is 6.42 Å². The summed E-state index contributed by atoms with van der Waals surface area (Å²) in [5.74, 6) is -2.23. The van der Waals surface area contributed by atoms with Crippen molar-refractivity contribution < 1.29 is 23.9 Å². The van der Waals surface area contributed by atoms with Crippen molar-refractivity contribution in [3.8, 4) is 0 Å². The molecule has 6 heteroatoms. The van der Waals surface area contributed by atoms with E-state index in [9.17, 15) is 18.8 Å². The van der Waals surface area contributed by atoms with Crippen molar-refractivity contribution in [2.24, 2.45) is 0 Å². The Morgan fingerprint density at radius 3 is 2.55 bits per heavy atom. The van der Waals surface area contributed by atoms with Crippen LogP contribution in [0.1, 0.15) is 36.0 Å². The number of imide groups is 1. The third kappa shape index (κ3) is 3.01. The van der Waals surface area contributed by atoms with Gasteiger partial charge in [0.15, 0.2) is 0 Å². The molecular weight excluding hydrogens is 265 g/mol. The number of rotatable bonds is 4. The Morgan fingerprint density at radius 2 is 1.95 bits per heavy atom. The van der Waals surface area contributed by atoms with Gasteiger partial charge in [0, 0.05) is 24.4 Å². The number of aliphatic carboxylic acids is 1. The van der Waals surface area contributed by atoms with Crippen LogP contribution in [0.2, 0.25) is 0 Å². The van der Waals surface area contributed by atoms with Crippen LogP contribution in [0.15, 0.2) is 24.3 Å². The lowest BCUT2D eigenvalue weighted by Gasteiger charge is -2.22. The number of carboxylic acids is 1. The zero-order chi connectivity index (χ0) is 14.7. The summed E-state index contributed by atoms with van der Waals surface area (Å²) in [6, 6.07) is 4.55. The lowest BCUT2D eigenvalue weighted by Crippen LogP contribution is -2.38. The molecule has 0 saturated carbocycles. The van der Waals surface area contributed by atoms with Crippen LogP contribution in [0.25, 0.3) is 0 Å². The van der Waals surface area contributed by atoms with Crippen LogP contribution in [-0.2, 0) is 9.59 Å². The van der Waals surface area contributed by atoms with Gasteiger partial charge in [-0.25, -0.2) is 4.39 Å². The SMILES string of the molecule is O=C(O)CCC1CCC(=O)N1C(=O)c1ccc(F)cc1. The first-order valence-electron chi connectivity index (χ1n) is 6.33. The molecule has 1 aliphatic rings. The van der Waals surface area contributed by atoms with Crippen LogP contribution in [0, 0.1) is 5.82 Å². The predicted molar refractivity (Wildman–Crippen MR) is 67.5 cm³/mol. The van der Waals surface area contributed by atoms with Gasteiger partial charge < -0.3 is 5.11 Å². The molecule has 1 unspecified atom stereocenters. The summed E-state index contributed by atoms with van der Waals surface area (Å²) < 4.78 is 12.8. The van der Waals surface area contributed by atoms with Crippen molar-refractivity contribution in [3.63, 3.8) is 0 Å². The third-order valence-electron chi connectivity index (χ3n) is 3.33. The zero-order valence-electron chi connectivity index (χ0n) is 10.7. The number of carboxylic acid groups (broad SMARTS) is 1. The molecule has 1 atom stereocenters. The highest BCUT2D eigenvalue weighted by molar-refractivity contribution is 6.06. The number of amides is 2. The number of carbonyl (C=O) groups is 3. The van der Waals surface area contributed by atoms with E-state index in [-0.39, 0.29) is 30.7 Å². The molecule has 1 saturated heterocycles. The number of halogens is 1. The monoisotopic (exact) mass is 279 g/mol. The molecular formula is C14H14FNO4. The van der Waals surface area contributed by atoms with Gasteiger partial charge in [0.2, 0.25) is 5.91 Å². The molecule has 0 aromatic heterocycles. The van der Waals surface area contributed by atoms with Crippen LogP contribution in [0.4, 0.5) is 4.39 Å². The van der Waals surface area contributed by atoms with Gasteiger partial charge in [-0.3, -0.25) is 19.3 Å². The first kappa shape index (κ1) is 14.2. The van der Waals surface area contributed by atoms with E-state index in [1.165, 1.54) is 12.1 Å². The average molecular weight is 279 g/mol. The average Bonchev–Trinajstić information content (AvgIpc) is 2.77. The smallest absolute Gasteiger partial charge is 0.303 e. The Morgan fingerprint density at radius 1 is 1.30 bits per heavy atom. The molecule has 0 spiro atoms. The number of benzene rings is 1. The number of likely N-dealkylation sites (tertiary alicyclic amines) is 1. The number of nitrogens with zero attached hydrogens (tertiary/aromatic N) is 1. The van der Waals surface area contributed by atoms with Gasteiger partial charge >= 0.3 is 5.97 Å². The molecule has 1 aromatic carbocycles. The lowest BCUT2D eigenvalue weighted by molar-refractivity contribution is -0.137. The molecule has 1 N–H and O–H groups in total. The summed E-state index contributed by atoms with van der Waals surface area (Å²) >= 11 is 0. The summed E-state index contributed by atoms with van der Waals surface area (Å²) in [6.45, 7) is 0. The highest BCUT2D eigenvalue weighted by Crippen LogP contribution is 2.25. The molecule has 0 bridgehead atoms. The van der Waals surface area contributed by atoms with Gasteiger partial charge in [0.25, 0.3) is 5.91 Å². The number of hydrogen-bond acceptors (Lipinski definition) is 3. The van der Waals surface area contributed by atoms with E-state index in [1.54, 1.807) is 0 Å². The molecule has 106 valence electrons. The van der Waals surface area contributed by atoms with E-state index < -0.39 is 23.7 Å². The molecule has 2 amide bonds. The van der Waals surface area contributed by atoms with Crippen molar-refractivity contribution >= 4 is 17.8 Å². The Hall–Kier alpha value is -2.24. The van der Waals surface area contributed by atoms with Crippen molar-refractivity contribution in [2.75, 3.05) is 0 Å². The van der Waals surface area contributed by atoms with Gasteiger partial charge in [-0.2, -0.15) is 0 Å². The fourth-order valence-electron chi connectivity index (χ4n) is 2.32. The highest BCUT2D eigenvalue weighted by Gasteiger charge is 2.36. The minimum atomic E-state index is -0.960. The van der Waals surface area contributed by atoms with Gasteiger partial charge in [0.05, 0.1) is 0 Å². The summed E-state index contributed by atoms with van der Waals surface area (Å²) in [6.07, 6.45) is 0.857. The highest BCUT2D eigenvalue weighted by atomic mass is 19.1. The molecule has 1 aliphatic heterocycles.